The Hall–Kier alpha value is -1.08. The molecule has 1 atom stereocenters. The minimum Gasteiger partial charge on any atom is -0.480 e. The van der Waals surface area contributed by atoms with Gasteiger partial charge in [-0.3, -0.25) is 0 Å². The lowest BCUT2D eigenvalue weighted by Gasteiger charge is -2.27. The first-order chi connectivity index (χ1) is 8.32. The van der Waals surface area contributed by atoms with Crippen LogP contribution in [0.2, 0.25) is 0 Å². The number of likely N-dealkylation sites (N-methyl/N-ethyl adjacent to an activating group) is 1. The lowest BCUT2D eigenvalue weighted by Crippen LogP contribution is -2.46. The zero-order valence-corrected chi connectivity index (χ0v) is 12.8. The summed E-state index contributed by atoms with van der Waals surface area (Å²) in [6.07, 6.45) is 0. The van der Waals surface area contributed by atoms with Gasteiger partial charge in [0.25, 0.3) is 0 Å². The maximum absolute atomic E-state index is 12.0. The molecule has 18 heavy (non-hydrogen) atoms. The van der Waals surface area contributed by atoms with E-state index in [2.05, 4.69) is 15.9 Å². The summed E-state index contributed by atoms with van der Waals surface area (Å²) < 4.78 is 1.01. The Labute approximate surface area is 118 Å². The molecular formula is C11H15BrN2O3S. The lowest BCUT2D eigenvalue weighted by atomic mass is 10.3. The van der Waals surface area contributed by atoms with E-state index in [0.717, 1.165) is 9.35 Å². The molecule has 100 valence electrons. The average molecular weight is 335 g/mol. The molecule has 1 rings (SSSR count). The highest BCUT2D eigenvalue weighted by molar-refractivity contribution is 9.11. The molecule has 0 spiro atoms. The number of amides is 2. The minimum atomic E-state index is -1.02. The molecule has 1 N–H and O–H groups in total. The van der Waals surface area contributed by atoms with Crippen molar-refractivity contribution in [1.29, 1.82) is 0 Å². The average Bonchev–Trinajstić information content (AvgIpc) is 2.71. The second kappa shape index (κ2) is 6.19. The summed E-state index contributed by atoms with van der Waals surface area (Å²) in [6.45, 7) is 1.94. The molecule has 0 aliphatic carbocycles. The molecule has 0 bridgehead atoms. The van der Waals surface area contributed by atoms with E-state index in [1.165, 1.54) is 23.8 Å². The number of carbonyl (C=O) groups is 2. The van der Waals surface area contributed by atoms with Crippen molar-refractivity contribution in [1.82, 2.24) is 9.80 Å². The van der Waals surface area contributed by atoms with Crippen LogP contribution < -0.4 is 0 Å². The van der Waals surface area contributed by atoms with Gasteiger partial charge in [-0.05, 0) is 39.9 Å². The van der Waals surface area contributed by atoms with E-state index in [1.807, 2.05) is 11.4 Å². The smallest absolute Gasteiger partial charge is 0.326 e. The van der Waals surface area contributed by atoms with Crippen LogP contribution in [0.4, 0.5) is 4.79 Å². The van der Waals surface area contributed by atoms with Gasteiger partial charge < -0.3 is 14.9 Å². The number of aliphatic carboxylic acids is 1. The zero-order valence-electron chi connectivity index (χ0n) is 10.4. The van der Waals surface area contributed by atoms with E-state index in [-0.39, 0.29) is 6.03 Å². The predicted octanol–water partition coefficient (Wildman–Crippen LogP) is 2.47. The molecule has 2 amide bonds. The van der Waals surface area contributed by atoms with Crippen LogP contribution in [0.5, 0.6) is 0 Å². The Kier molecular flexibility index (Phi) is 5.15. The summed E-state index contributed by atoms with van der Waals surface area (Å²) in [5.41, 5.74) is 1.01. The molecule has 0 aromatic carbocycles. The molecule has 0 saturated carbocycles. The Morgan fingerprint density at radius 2 is 2.11 bits per heavy atom. The zero-order chi connectivity index (χ0) is 13.9. The van der Waals surface area contributed by atoms with Gasteiger partial charge in [-0.1, -0.05) is 0 Å². The van der Waals surface area contributed by atoms with Crippen LogP contribution in [0.15, 0.2) is 15.2 Å². The highest BCUT2D eigenvalue weighted by Crippen LogP contribution is 2.21. The quantitative estimate of drug-likeness (QED) is 0.920. The summed E-state index contributed by atoms with van der Waals surface area (Å²) >= 11 is 4.91. The van der Waals surface area contributed by atoms with E-state index in [0.29, 0.717) is 6.54 Å². The Balaban J connectivity index is 2.63. The Bertz CT molecular complexity index is 449. The van der Waals surface area contributed by atoms with Gasteiger partial charge in [0, 0.05) is 20.6 Å². The molecule has 0 aliphatic heterocycles. The fourth-order valence-corrected chi connectivity index (χ4v) is 2.57. The van der Waals surface area contributed by atoms with Gasteiger partial charge >= 0.3 is 12.0 Å². The van der Waals surface area contributed by atoms with Gasteiger partial charge in [-0.25, -0.2) is 9.59 Å². The fraction of sp³-hybridized carbons (Fsp3) is 0.455. The summed E-state index contributed by atoms with van der Waals surface area (Å²) in [4.78, 5) is 25.5. The standard InChI is InChI=1S/C11H15BrN2O3S/c1-7(10(15)16)14(3)11(17)13(2)5-8-4-9(12)18-6-8/h4,6-7H,5H2,1-3H3,(H,15,16). The van der Waals surface area contributed by atoms with Crippen molar-refractivity contribution in [2.24, 2.45) is 0 Å². The van der Waals surface area contributed by atoms with Crippen LogP contribution in [0, 0.1) is 0 Å². The molecule has 5 nitrogen and oxygen atoms in total. The van der Waals surface area contributed by atoms with Crippen molar-refractivity contribution < 1.29 is 14.7 Å². The molecule has 0 saturated heterocycles. The van der Waals surface area contributed by atoms with Gasteiger partial charge in [-0.15, -0.1) is 11.3 Å². The largest absolute Gasteiger partial charge is 0.480 e. The van der Waals surface area contributed by atoms with Crippen molar-refractivity contribution in [2.45, 2.75) is 19.5 Å². The number of nitrogens with zero attached hydrogens (tertiary/aromatic N) is 2. The van der Waals surface area contributed by atoms with E-state index in [9.17, 15) is 9.59 Å². The highest BCUT2D eigenvalue weighted by atomic mass is 79.9. The summed E-state index contributed by atoms with van der Waals surface area (Å²) in [7, 11) is 3.14. The molecular weight excluding hydrogens is 320 g/mol. The first-order valence-electron chi connectivity index (χ1n) is 5.26. The van der Waals surface area contributed by atoms with Crippen molar-refractivity contribution in [2.75, 3.05) is 14.1 Å². The molecule has 0 fully saturated rings. The Morgan fingerprint density at radius 1 is 1.50 bits per heavy atom. The van der Waals surface area contributed by atoms with Crippen molar-refractivity contribution in [3.63, 3.8) is 0 Å². The third-order valence-corrected chi connectivity index (χ3v) is 4.16. The Morgan fingerprint density at radius 3 is 2.56 bits per heavy atom. The topological polar surface area (TPSA) is 60.9 Å². The number of thiophene rings is 1. The van der Waals surface area contributed by atoms with Crippen molar-refractivity contribution >= 4 is 39.3 Å². The fourth-order valence-electron chi connectivity index (χ4n) is 1.37. The van der Waals surface area contributed by atoms with Crippen molar-refractivity contribution in [3.8, 4) is 0 Å². The van der Waals surface area contributed by atoms with Crippen LogP contribution in [-0.4, -0.2) is 47.0 Å². The van der Waals surface area contributed by atoms with Gasteiger partial charge in [0.15, 0.2) is 0 Å². The SMILES string of the molecule is CC(C(=O)O)N(C)C(=O)N(C)Cc1csc(Br)c1. The molecule has 0 aliphatic rings. The molecule has 1 unspecified atom stereocenters. The van der Waals surface area contributed by atoms with E-state index < -0.39 is 12.0 Å². The number of carboxylic acids is 1. The van der Waals surface area contributed by atoms with E-state index in [4.69, 9.17) is 5.11 Å². The van der Waals surface area contributed by atoms with Crippen LogP contribution in [0.3, 0.4) is 0 Å². The molecule has 1 aromatic heterocycles. The molecule has 0 radical (unpaired) electrons. The number of urea groups is 1. The van der Waals surface area contributed by atoms with E-state index >= 15 is 0 Å². The van der Waals surface area contributed by atoms with Gasteiger partial charge in [0.05, 0.1) is 3.79 Å². The van der Waals surface area contributed by atoms with Crippen molar-refractivity contribution in [3.05, 3.63) is 20.8 Å². The number of carbonyl (C=O) groups excluding carboxylic acids is 1. The number of hydrogen-bond donors (Lipinski definition) is 1. The maximum atomic E-state index is 12.0. The minimum absolute atomic E-state index is 0.313. The van der Waals surface area contributed by atoms with Gasteiger partial charge in [0.2, 0.25) is 0 Å². The van der Waals surface area contributed by atoms with Crippen LogP contribution >= 0.6 is 27.3 Å². The number of carboxylic acid groups (broad SMARTS) is 1. The van der Waals surface area contributed by atoms with Crippen LogP contribution in [0.1, 0.15) is 12.5 Å². The molecule has 1 heterocycles. The van der Waals surface area contributed by atoms with Crippen LogP contribution in [0.25, 0.3) is 0 Å². The first kappa shape index (κ1) is 15.0. The second-order valence-corrected chi connectivity index (χ2v) is 6.31. The molecule has 1 aromatic rings. The number of hydrogen-bond acceptors (Lipinski definition) is 3. The third kappa shape index (κ3) is 3.71. The summed E-state index contributed by atoms with van der Waals surface area (Å²) in [5, 5.41) is 10.8. The summed E-state index contributed by atoms with van der Waals surface area (Å²) in [5.74, 6) is -1.02. The number of rotatable bonds is 4. The van der Waals surface area contributed by atoms with Gasteiger partial charge in [0.1, 0.15) is 6.04 Å². The monoisotopic (exact) mass is 334 g/mol. The second-order valence-electron chi connectivity index (χ2n) is 4.02. The summed E-state index contributed by atoms with van der Waals surface area (Å²) in [6, 6.07) is 0.788. The first-order valence-corrected chi connectivity index (χ1v) is 6.93. The number of halogens is 1. The third-order valence-electron chi connectivity index (χ3n) is 2.61. The normalized spacial score (nSPS) is 12.0. The predicted molar refractivity (Wildman–Crippen MR) is 73.7 cm³/mol. The lowest BCUT2D eigenvalue weighted by molar-refractivity contribution is -0.141. The maximum Gasteiger partial charge on any atom is 0.326 e. The highest BCUT2D eigenvalue weighted by Gasteiger charge is 2.24. The van der Waals surface area contributed by atoms with Crippen LogP contribution in [-0.2, 0) is 11.3 Å². The molecule has 7 heteroatoms. The van der Waals surface area contributed by atoms with E-state index in [1.54, 1.807) is 18.4 Å². The van der Waals surface area contributed by atoms with Gasteiger partial charge in [-0.2, -0.15) is 0 Å².